The molecule has 0 heterocycles. The van der Waals surface area contributed by atoms with Gasteiger partial charge in [0, 0.05) is 29.7 Å². The van der Waals surface area contributed by atoms with Crippen molar-refractivity contribution in [3.8, 4) is 0 Å². The fourth-order valence-electron chi connectivity index (χ4n) is 1.97. The van der Waals surface area contributed by atoms with E-state index in [0.29, 0.717) is 11.0 Å². The van der Waals surface area contributed by atoms with Crippen molar-refractivity contribution in [2.75, 3.05) is 26.2 Å². The van der Waals surface area contributed by atoms with Crippen LogP contribution in [0.2, 0.25) is 0 Å². The second-order valence-corrected chi connectivity index (χ2v) is 5.47. The second-order valence-electron chi connectivity index (χ2n) is 4.61. The minimum atomic E-state index is -0.511. The maximum atomic E-state index is 12.1. The Bertz CT molecular complexity index is 508. The van der Waals surface area contributed by atoms with Crippen molar-refractivity contribution in [2.24, 2.45) is 0 Å². The lowest BCUT2D eigenvalue weighted by molar-refractivity contribution is -0.384. The fraction of sp³-hybridized carbons (Fsp3) is 0.500. The summed E-state index contributed by atoms with van der Waals surface area (Å²) in [7, 11) is 0. The lowest BCUT2D eigenvalue weighted by atomic mass is 10.2. The van der Waals surface area contributed by atoms with Crippen molar-refractivity contribution in [1.29, 1.82) is 0 Å². The van der Waals surface area contributed by atoms with Gasteiger partial charge in [-0.3, -0.25) is 14.9 Å². The van der Waals surface area contributed by atoms with Gasteiger partial charge in [0.15, 0.2) is 0 Å². The number of benzene rings is 1. The number of nitro groups is 1. The number of amides is 1. The highest BCUT2D eigenvalue weighted by atomic mass is 79.9. The maximum absolute atomic E-state index is 12.1. The smallest absolute Gasteiger partial charge is 0.270 e. The summed E-state index contributed by atoms with van der Waals surface area (Å²) >= 11 is 3.25. The fourth-order valence-corrected chi connectivity index (χ4v) is 2.39. The van der Waals surface area contributed by atoms with Gasteiger partial charge < -0.3 is 10.2 Å². The molecule has 1 rings (SSSR count). The van der Waals surface area contributed by atoms with Gasteiger partial charge in [-0.15, -0.1) is 0 Å². The highest BCUT2D eigenvalue weighted by Crippen LogP contribution is 2.22. The van der Waals surface area contributed by atoms with Crippen LogP contribution in [0.3, 0.4) is 0 Å². The summed E-state index contributed by atoms with van der Waals surface area (Å²) in [5, 5.41) is 13.5. The molecule has 0 saturated carbocycles. The summed E-state index contributed by atoms with van der Waals surface area (Å²) < 4.78 is 0.548. The molecule has 0 bridgehead atoms. The van der Waals surface area contributed by atoms with E-state index in [0.717, 1.165) is 26.1 Å². The van der Waals surface area contributed by atoms with Crippen molar-refractivity contribution in [3.05, 3.63) is 38.3 Å². The molecule has 0 atom stereocenters. The lowest BCUT2D eigenvalue weighted by Gasteiger charge is -2.19. The number of halogens is 1. The predicted octanol–water partition coefficient (Wildman–Crippen LogP) is 2.82. The van der Waals surface area contributed by atoms with Crippen molar-refractivity contribution in [1.82, 2.24) is 10.2 Å². The standard InChI is InChI=1S/C14H20BrN3O3/c1-3-8-17(4-2)9-7-16-14(19)12-10-11(18(20)21)5-6-13(12)15/h5-6,10H,3-4,7-9H2,1-2H3,(H,16,19). The third-order valence-corrected chi connectivity index (χ3v) is 3.80. The number of nitrogens with one attached hydrogen (secondary N) is 1. The van der Waals surface area contributed by atoms with Gasteiger partial charge in [0.25, 0.3) is 11.6 Å². The molecule has 1 N–H and O–H groups in total. The first-order chi connectivity index (χ1) is 9.99. The van der Waals surface area contributed by atoms with E-state index in [1.807, 2.05) is 0 Å². The Morgan fingerprint density at radius 2 is 2.10 bits per heavy atom. The number of hydrogen-bond donors (Lipinski definition) is 1. The van der Waals surface area contributed by atoms with Crippen LogP contribution in [0.5, 0.6) is 0 Å². The van der Waals surface area contributed by atoms with Gasteiger partial charge in [0.1, 0.15) is 0 Å². The minimum absolute atomic E-state index is 0.0930. The van der Waals surface area contributed by atoms with E-state index >= 15 is 0 Å². The van der Waals surface area contributed by atoms with E-state index in [-0.39, 0.29) is 17.2 Å². The summed E-state index contributed by atoms with van der Waals surface area (Å²) in [6, 6.07) is 4.16. The van der Waals surface area contributed by atoms with Crippen LogP contribution >= 0.6 is 15.9 Å². The van der Waals surface area contributed by atoms with E-state index in [1.54, 1.807) is 0 Å². The summed E-state index contributed by atoms with van der Waals surface area (Å²) in [6.45, 7) is 7.40. The number of hydrogen-bond acceptors (Lipinski definition) is 4. The minimum Gasteiger partial charge on any atom is -0.351 e. The molecule has 1 aromatic rings. The number of non-ortho nitro benzene ring substituents is 1. The topological polar surface area (TPSA) is 75.5 Å². The van der Waals surface area contributed by atoms with Crippen molar-refractivity contribution < 1.29 is 9.72 Å². The number of likely N-dealkylation sites (N-methyl/N-ethyl adjacent to an activating group) is 1. The molecule has 0 aliphatic carbocycles. The SMILES string of the molecule is CCCN(CC)CCNC(=O)c1cc([N+](=O)[O-])ccc1Br. The van der Waals surface area contributed by atoms with Crippen molar-refractivity contribution in [2.45, 2.75) is 20.3 Å². The van der Waals surface area contributed by atoms with Gasteiger partial charge in [-0.25, -0.2) is 0 Å². The molecule has 0 unspecified atom stereocenters. The molecule has 6 nitrogen and oxygen atoms in total. The number of nitrogens with zero attached hydrogens (tertiary/aromatic N) is 2. The van der Waals surface area contributed by atoms with Gasteiger partial charge >= 0.3 is 0 Å². The third kappa shape index (κ3) is 5.43. The Labute approximate surface area is 132 Å². The summed E-state index contributed by atoms with van der Waals surface area (Å²) in [5.41, 5.74) is 0.187. The molecular formula is C14H20BrN3O3. The molecular weight excluding hydrogens is 338 g/mol. The third-order valence-electron chi connectivity index (χ3n) is 3.11. The lowest BCUT2D eigenvalue weighted by Crippen LogP contribution is -2.35. The average molecular weight is 358 g/mol. The Morgan fingerprint density at radius 1 is 1.38 bits per heavy atom. The molecule has 7 heteroatoms. The van der Waals surface area contributed by atoms with E-state index in [9.17, 15) is 14.9 Å². The van der Waals surface area contributed by atoms with Gasteiger partial charge in [0.2, 0.25) is 0 Å². The zero-order chi connectivity index (χ0) is 15.8. The van der Waals surface area contributed by atoms with E-state index in [1.165, 1.54) is 18.2 Å². The van der Waals surface area contributed by atoms with Gasteiger partial charge in [-0.2, -0.15) is 0 Å². The van der Waals surface area contributed by atoms with Crippen LogP contribution in [-0.2, 0) is 0 Å². The molecule has 0 aliphatic heterocycles. The van der Waals surface area contributed by atoms with Crippen LogP contribution in [0.1, 0.15) is 30.6 Å². The summed E-state index contributed by atoms with van der Waals surface area (Å²) in [4.78, 5) is 24.6. The number of rotatable bonds is 8. The number of nitro benzene ring substituents is 1. The van der Waals surface area contributed by atoms with Crippen LogP contribution in [0.25, 0.3) is 0 Å². The van der Waals surface area contributed by atoms with Crippen LogP contribution in [0.15, 0.2) is 22.7 Å². The van der Waals surface area contributed by atoms with Gasteiger partial charge in [-0.05, 0) is 41.5 Å². The largest absolute Gasteiger partial charge is 0.351 e. The Kier molecular flexibility index (Phi) is 7.31. The molecule has 1 amide bonds. The van der Waals surface area contributed by atoms with E-state index < -0.39 is 4.92 Å². The average Bonchev–Trinajstić information content (AvgIpc) is 2.46. The first-order valence-electron chi connectivity index (χ1n) is 6.94. The van der Waals surface area contributed by atoms with Crippen molar-refractivity contribution >= 4 is 27.5 Å². The molecule has 21 heavy (non-hydrogen) atoms. The van der Waals surface area contributed by atoms with E-state index in [2.05, 4.69) is 40.0 Å². The first kappa shape index (κ1) is 17.6. The molecule has 0 radical (unpaired) electrons. The molecule has 1 aromatic carbocycles. The highest BCUT2D eigenvalue weighted by molar-refractivity contribution is 9.10. The Hall–Kier alpha value is -1.47. The van der Waals surface area contributed by atoms with Crippen LogP contribution in [0.4, 0.5) is 5.69 Å². The quantitative estimate of drug-likeness (QED) is 0.573. The Morgan fingerprint density at radius 3 is 2.67 bits per heavy atom. The molecule has 0 spiro atoms. The molecule has 0 fully saturated rings. The molecule has 0 aliphatic rings. The van der Waals surface area contributed by atoms with Crippen LogP contribution < -0.4 is 5.32 Å². The predicted molar refractivity (Wildman–Crippen MR) is 85.5 cm³/mol. The monoisotopic (exact) mass is 357 g/mol. The highest BCUT2D eigenvalue weighted by Gasteiger charge is 2.15. The first-order valence-corrected chi connectivity index (χ1v) is 7.73. The Balaban J connectivity index is 2.63. The molecule has 0 saturated heterocycles. The van der Waals surface area contributed by atoms with Crippen LogP contribution in [0, 0.1) is 10.1 Å². The van der Waals surface area contributed by atoms with Gasteiger partial charge in [0.05, 0.1) is 10.5 Å². The van der Waals surface area contributed by atoms with Crippen LogP contribution in [-0.4, -0.2) is 41.9 Å². The summed E-state index contributed by atoms with van der Waals surface area (Å²) in [6.07, 6.45) is 1.07. The van der Waals surface area contributed by atoms with Crippen molar-refractivity contribution in [3.63, 3.8) is 0 Å². The number of carbonyl (C=O) groups excluding carboxylic acids is 1. The maximum Gasteiger partial charge on any atom is 0.270 e. The van der Waals surface area contributed by atoms with E-state index in [4.69, 9.17) is 0 Å². The zero-order valence-corrected chi connectivity index (χ0v) is 13.9. The normalized spacial score (nSPS) is 10.7. The zero-order valence-electron chi connectivity index (χ0n) is 12.3. The summed E-state index contributed by atoms with van der Waals surface area (Å²) in [5.74, 6) is -0.307. The molecule has 0 aromatic heterocycles. The molecule has 116 valence electrons. The van der Waals surface area contributed by atoms with Gasteiger partial charge in [-0.1, -0.05) is 13.8 Å². The second kappa shape index (κ2) is 8.74. The number of carbonyl (C=O) groups is 1.